The predicted molar refractivity (Wildman–Crippen MR) is 230 cm³/mol. The Balaban J connectivity index is 1.29. The minimum Gasteiger partial charge on any atom is -0.356 e. The van der Waals surface area contributed by atoms with E-state index in [1.165, 1.54) is 0 Å². The molecule has 6 nitrogen and oxygen atoms in total. The third kappa shape index (κ3) is 4.06. The maximum absolute atomic E-state index is 17.0. The van der Waals surface area contributed by atoms with Crippen molar-refractivity contribution in [3.05, 3.63) is 215 Å². The van der Waals surface area contributed by atoms with Crippen LogP contribution in [0.25, 0.3) is 44.3 Å². The maximum atomic E-state index is 17.0. The third-order valence-corrected chi connectivity index (χ3v) is 13.2. The molecule has 58 heavy (non-hydrogen) atoms. The van der Waals surface area contributed by atoms with Crippen molar-refractivity contribution in [3.63, 3.8) is 0 Å². The molecule has 0 bridgehead atoms. The molecule has 0 radical (unpaired) electrons. The fourth-order valence-corrected chi connectivity index (χ4v) is 11.1. The van der Waals surface area contributed by atoms with Crippen molar-refractivity contribution in [2.45, 2.75) is 23.9 Å². The van der Waals surface area contributed by atoms with Gasteiger partial charge in [0.15, 0.2) is 11.1 Å². The molecule has 4 aliphatic rings. The van der Waals surface area contributed by atoms with Crippen LogP contribution < -0.4 is 0 Å². The topological polar surface area (TPSA) is 72.2 Å². The lowest BCUT2D eigenvalue weighted by Crippen LogP contribution is -2.72. The van der Waals surface area contributed by atoms with Gasteiger partial charge < -0.3 is 19.8 Å². The molecule has 0 aliphatic carbocycles. The van der Waals surface area contributed by atoms with E-state index in [1.807, 2.05) is 109 Å². The summed E-state index contributed by atoms with van der Waals surface area (Å²) in [5, 5.41) is 2.17. The van der Waals surface area contributed by atoms with Crippen molar-refractivity contribution in [2.75, 3.05) is 13.1 Å². The molecule has 0 saturated heterocycles. The number of carbonyl (C=O) groups excluding carboxylic acids is 2. The van der Waals surface area contributed by atoms with E-state index in [4.69, 9.17) is 0 Å². The van der Waals surface area contributed by atoms with Gasteiger partial charge in [0.05, 0.1) is 33.9 Å². The Hall–Kier alpha value is -7.18. The zero-order valence-electron chi connectivity index (χ0n) is 31.7. The van der Waals surface area contributed by atoms with Gasteiger partial charge in [-0.15, -0.1) is 0 Å². The number of carbonyl (C=O) groups is 2. The Bertz CT molecular complexity index is 2840. The molecule has 0 saturated carbocycles. The maximum Gasteiger partial charge on any atom is 0.200 e. The highest BCUT2D eigenvalue weighted by Crippen LogP contribution is 2.67. The van der Waals surface area contributed by atoms with Crippen molar-refractivity contribution in [3.8, 4) is 0 Å². The molecule has 6 heterocycles. The highest BCUT2D eigenvalue weighted by atomic mass is 16.1. The number of hydrogen-bond acceptors (Lipinski definition) is 4. The number of ketones is 2. The Kier molecular flexibility index (Phi) is 6.92. The van der Waals surface area contributed by atoms with Crippen LogP contribution in [0.4, 0.5) is 0 Å². The summed E-state index contributed by atoms with van der Waals surface area (Å²) in [5.74, 6) is -0.173. The lowest BCUT2D eigenvalue weighted by Gasteiger charge is -2.57. The standard InChI is InChI=1S/C52H38N4O2/c57-49-43(33-17-5-1-6-18-33)45(35-21-9-3-10-22-35)55-31-29-39-37-25-13-15-27-41(37)53-47(39)51(49,55)52-48-40(38-26-14-16-28-42(38)54-48)30-32-56(52)46(36-23-11-4-12-24-36)44(50(52)58)34-19-7-2-8-20-34/h1-28,53-54H,29-32H2/t51-,52-/m1/s1. The van der Waals surface area contributed by atoms with Gasteiger partial charge in [-0.2, -0.15) is 0 Å². The summed E-state index contributed by atoms with van der Waals surface area (Å²) in [7, 11) is 0. The van der Waals surface area contributed by atoms with Gasteiger partial charge in [0.25, 0.3) is 0 Å². The minimum atomic E-state index is -1.57. The summed E-state index contributed by atoms with van der Waals surface area (Å²) < 4.78 is 0. The molecule has 0 amide bonds. The van der Waals surface area contributed by atoms with Crippen LogP contribution in [0.5, 0.6) is 0 Å². The van der Waals surface area contributed by atoms with Crippen LogP contribution in [0.1, 0.15) is 44.8 Å². The first-order chi connectivity index (χ1) is 28.6. The van der Waals surface area contributed by atoms with Crippen LogP contribution >= 0.6 is 0 Å². The Labute approximate surface area is 335 Å². The highest BCUT2D eigenvalue weighted by molar-refractivity contribution is 6.41. The second kappa shape index (κ2) is 12.2. The van der Waals surface area contributed by atoms with Crippen molar-refractivity contribution >= 4 is 55.9 Å². The number of hydrogen-bond donors (Lipinski definition) is 2. The average molecular weight is 751 g/mol. The second-order valence-corrected chi connectivity index (χ2v) is 15.8. The number of aromatic nitrogens is 2. The van der Waals surface area contributed by atoms with Crippen molar-refractivity contribution < 1.29 is 9.59 Å². The SMILES string of the molecule is O=C1C(c2ccccc2)=C(c2ccccc2)N2CCc3c([nH]c4ccccc34)[C@]12[C@@]12C(=O)C(c3ccccc3)=C(c3ccccc3)N1CCc1c2[nH]c2ccccc12. The van der Waals surface area contributed by atoms with E-state index < -0.39 is 11.1 Å². The van der Waals surface area contributed by atoms with Gasteiger partial charge >= 0.3 is 0 Å². The molecule has 2 N–H and O–H groups in total. The van der Waals surface area contributed by atoms with Crippen LogP contribution in [-0.4, -0.2) is 44.4 Å². The number of Topliss-reactive ketones (excluding diaryl/α,β-unsaturated/α-hetero) is 2. The van der Waals surface area contributed by atoms with Gasteiger partial charge in [-0.3, -0.25) is 9.59 Å². The molecule has 2 aromatic heterocycles. The molecular weight excluding hydrogens is 713 g/mol. The Morgan fingerprint density at radius 1 is 0.397 bits per heavy atom. The Morgan fingerprint density at radius 2 is 0.724 bits per heavy atom. The second-order valence-electron chi connectivity index (χ2n) is 15.8. The predicted octanol–water partition coefficient (Wildman–Crippen LogP) is 9.76. The summed E-state index contributed by atoms with van der Waals surface area (Å²) in [6.07, 6.45) is 1.39. The first-order valence-electron chi connectivity index (χ1n) is 20.2. The van der Waals surface area contributed by atoms with Gasteiger partial charge in [0.2, 0.25) is 11.6 Å². The minimum absolute atomic E-state index is 0.0864. The van der Waals surface area contributed by atoms with E-state index >= 15 is 9.59 Å². The molecule has 0 fully saturated rings. The van der Waals surface area contributed by atoms with Crippen LogP contribution in [0.15, 0.2) is 170 Å². The number of aromatic amines is 2. The Morgan fingerprint density at radius 3 is 1.10 bits per heavy atom. The summed E-state index contributed by atoms with van der Waals surface area (Å²) in [6, 6.07) is 57.5. The molecule has 8 aromatic rings. The van der Waals surface area contributed by atoms with E-state index in [0.29, 0.717) is 37.1 Å². The smallest absolute Gasteiger partial charge is 0.200 e. The molecule has 2 atom stereocenters. The number of rotatable bonds is 5. The normalized spacial score (nSPS) is 21.2. The fraction of sp³-hybridized carbons (Fsp3) is 0.115. The lowest BCUT2D eigenvalue weighted by atomic mass is 9.61. The van der Waals surface area contributed by atoms with E-state index in [1.54, 1.807) is 0 Å². The highest BCUT2D eigenvalue weighted by Gasteiger charge is 2.77. The van der Waals surface area contributed by atoms with Gasteiger partial charge in [-0.25, -0.2) is 0 Å². The monoisotopic (exact) mass is 750 g/mol. The average Bonchev–Trinajstić information content (AvgIpc) is 4.01. The first-order valence-corrected chi connectivity index (χ1v) is 20.2. The fourth-order valence-electron chi connectivity index (χ4n) is 11.1. The van der Waals surface area contributed by atoms with Crippen LogP contribution in [0, 0.1) is 0 Å². The van der Waals surface area contributed by atoms with E-state index in [2.05, 4.69) is 80.4 Å². The number of H-pyrrole nitrogens is 2. The number of nitrogens with one attached hydrogen (secondary N) is 2. The zero-order chi connectivity index (χ0) is 38.6. The number of nitrogens with zero attached hydrogens (tertiary/aromatic N) is 2. The van der Waals surface area contributed by atoms with Crippen molar-refractivity contribution in [2.24, 2.45) is 0 Å². The molecule has 0 unspecified atom stereocenters. The molecular formula is C52H38N4O2. The summed E-state index contributed by atoms with van der Waals surface area (Å²) >= 11 is 0. The summed E-state index contributed by atoms with van der Waals surface area (Å²) in [6.45, 7) is 1.06. The molecule has 6 aromatic carbocycles. The third-order valence-electron chi connectivity index (χ3n) is 13.2. The molecule has 4 aliphatic heterocycles. The quantitative estimate of drug-likeness (QED) is 0.184. The molecule has 278 valence electrons. The lowest BCUT2D eigenvalue weighted by molar-refractivity contribution is -0.146. The summed E-state index contributed by atoms with van der Waals surface area (Å²) in [4.78, 5) is 46.6. The van der Waals surface area contributed by atoms with Gasteiger partial charge in [-0.1, -0.05) is 158 Å². The zero-order valence-corrected chi connectivity index (χ0v) is 31.7. The van der Waals surface area contributed by atoms with Gasteiger partial charge in [0, 0.05) is 34.9 Å². The van der Waals surface area contributed by atoms with Crippen LogP contribution in [-0.2, 0) is 33.5 Å². The van der Waals surface area contributed by atoms with E-state index in [-0.39, 0.29) is 11.6 Å². The number of benzene rings is 6. The van der Waals surface area contributed by atoms with Crippen LogP contribution in [0.2, 0.25) is 0 Å². The number of para-hydroxylation sites is 2. The van der Waals surface area contributed by atoms with Crippen LogP contribution in [0.3, 0.4) is 0 Å². The van der Waals surface area contributed by atoms with Crippen molar-refractivity contribution in [1.82, 2.24) is 19.8 Å². The molecule has 6 heteroatoms. The number of fused-ring (bicyclic) bond motifs is 11. The summed E-state index contributed by atoms with van der Waals surface area (Å²) in [5.41, 5.74) is 9.01. The molecule has 12 rings (SSSR count). The van der Waals surface area contributed by atoms with Crippen molar-refractivity contribution in [1.29, 1.82) is 0 Å². The van der Waals surface area contributed by atoms with Gasteiger partial charge in [0.1, 0.15) is 0 Å². The largest absolute Gasteiger partial charge is 0.356 e. The van der Waals surface area contributed by atoms with Gasteiger partial charge in [-0.05, 0) is 58.4 Å². The molecule has 0 spiro atoms. The van der Waals surface area contributed by atoms with E-state index in [9.17, 15) is 0 Å². The van der Waals surface area contributed by atoms with E-state index in [0.717, 1.165) is 78.0 Å². The first kappa shape index (κ1) is 33.0.